The van der Waals surface area contributed by atoms with Gasteiger partial charge < -0.3 is 0 Å². The van der Waals surface area contributed by atoms with Crippen molar-refractivity contribution in [2.45, 2.75) is 93.2 Å². The van der Waals surface area contributed by atoms with E-state index < -0.39 is 0 Å². The van der Waals surface area contributed by atoms with E-state index in [9.17, 15) is 0 Å². The minimum Gasteiger partial charge on any atom is -0.270 e. The molecule has 0 aliphatic rings. The zero-order valence-electron chi connectivity index (χ0n) is 17.4. The van der Waals surface area contributed by atoms with Crippen molar-refractivity contribution in [2.75, 3.05) is 0 Å². The third-order valence-electron chi connectivity index (χ3n) is 3.63. The van der Waals surface area contributed by atoms with Crippen molar-refractivity contribution in [1.82, 2.24) is 19.6 Å². The zero-order valence-corrected chi connectivity index (χ0v) is 17.4. The third-order valence-corrected chi connectivity index (χ3v) is 3.63. The van der Waals surface area contributed by atoms with Gasteiger partial charge in [0.25, 0.3) is 0 Å². The van der Waals surface area contributed by atoms with Gasteiger partial charge in [0.05, 0.1) is 12.4 Å². The topological polar surface area (TPSA) is 35.6 Å². The monoisotopic (exact) mass is 334 g/mol. The highest BCUT2D eigenvalue weighted by atomic mass is 15.3. The van der Waals surface area contributed by atoms with Crippen LogP contribution in [0, 0.1) is 0 Å². The van der Waals surface area contributed by atoms with Crippen molar-refractivity contribution in [3.63, 3.8) is 0 Å². The van der Waals surface area contributed by atoms with E-state index in [0.717, 1.165) is 0 Å². The Kier molecular flexibility index (Phi) is 10.3. The first kappa shape index (κ1) is 22.4. The molecule has 0 aromatic carbocycles. The van der Waals surface area contributed by atoms with Gasteiger partial charge in [-0.2, -0.15) is 10.2 Å². The van der Waals surface area contributed by atoms with E-state index in [-0.39, 0.29) is 0 Å². The molecule has 2 heterocycles. The Labute approximate surface area is 149 Å². The lowest BCUT2D eigenvalue weighted by atomic mass is 10.1. The standard InChI is InChI=1S/2C9H16N2.C2H6/c2*1-7(2)9-5-10-11(6-9)8(3)4;1-2/h2*5-8H,1-4H3;1-2H3. The first-order chi connectivity index (χ1) is 11.2. The Morgan fingerprint density at radius 3 is 1.04 bits per heavy atom. The first-order valence-electron chi connectivity index (χ1n) is 9.30. The van der Waals surface area contributed by atoms with Crippen LogP contribution in [0.1, 0.15) is 104 Å². The average Bonchev–Trinajstić information content (AvgIpc) is 3.19. The molecule has 2 aromatic heterocycles. The molecule has 0 N–H and O–H groups in total. The van der Waals surface area contributed by atoms with Crippen LogP contribution in [0.5, 0.6) is 0 Å². The van der Waals surface area contributed by atoms with Crippen LogP contribution in [0.25, 0.3) is 0 Å². The predicted octanol–water partition coefficient (Wildman–Crippen LogP) is 6.20. The molecule has 0 radical (unpaired) electrons. The van der Waals surface area contributed by atoms with Crippen LogP contribution in [0.2, 0.25) is 0 Å². The summed E-state index contributed by atoms with van der Waals surface area (Å²) in [7, 11) is 0. The molecule has 0 saturated carbocycles. The average molecular weight is 335 g/mol. The van der Waals surface area contributed by atoms with Gasteiger partial charge in [-0.15, -0.1) is 0 Å². The molecule has 138 valence electrons. The SMILES string of the molecule is CC.CC(C)c1cnn(C(C)C)c1.CC(C)c1cnn(C(C)C)c1. The summed E-state index contributed by atoms with van der Waals surface area (Å²) in [6, 6.07) is 0.949. The quantitative estimate of drug-likeness (QED) is 0.667. The molecule has 0 bridgehead atoms. The van der Waals surface area contributed by atoms with Crippen molar-refractivity contribution in [3.8, 4) is 0 Å². The second kappa shape index (κ2) is 11.1. The Morgan fingerprint density at radius 1 is 0.625 bits per heavy atom. The van der Waals surface area contributed by atoms with E-state index in [2.05, 4.69) is 78.0 Å². The van der Waals surface area contributed by atoms with Gasteiger partial charge in [-0.05, 0) is 50.7 Å². The maximum absolute atomic E-state index is 4.25. The van der Waals surface area contributed by atoms with E-state index in [1.807, 2.05) is 35.6 Å². The minimum absolute atomic E-state index is 0.475. The molecular weight excluding hydrogens is 296 g/mol. The number of nitrogens with zero attached hydrogens (tertiary/aromatic N) is 4. The van der Waals surface area contributed by atoms with Gasteiger partial charge in [0.2, 0.25) is 0 Å². The van der Waals surface area contributed by atoms with Crippen molar-refractivity contribution in [1.29, 1.82) is 0 Å². The second-order valence-electron chi connectivity index (χ2n) is 7.00. The predicted molar refractivity (Wildman–Crippen MR) is 105 cm³/mol. The summed E-state index contributed by atoms with van der Waals surface area (Å²) in [6.07, 6.45) is 8.14. The number of hydrogen-bond acceptors (Lipinski definition) is 2. The summed E-state index contributed by atoms with van der Waals surface area (Å²) >= 11 is 0. The fourth-order valence-electron chi connectivity index (χ4n) is 1.87. The Hall–Kier alpha value is -1.58. The van der Waals surface area contributed by atoms with Crippen molar-refractivity contribution >= 4 is 0 Å². The van der Waals surface area contributed by atoms with Crippen LogP contribution in [0.15, 0.2) is 24.8 Å². The lowest BCUT2D eigenvalue weighted by molar-refractivity contribution is 0.531. The van der Waals surface area contributed by atoms with Gasteiger partial charge in [-0.3, -0.25) is 9.36 Å². The summed E-state index contributed by atoms with van der Waals surface area (Å²) in [5.74, 6) is 1.17. The van der Waals surface area contributed by atoms with Crippen molar-refractivity contribution in [3.05, 3.63) is 35.9 Å². The van der Waals surface area contributed by atoms with E-state index in [1.54, 1.807) is 0 Å². The first-order valence-corrected chi connectivity index (χ1v) is 9.30. The highest BCUT2D eigenvalue weighted by Crippen LogP contribution is 2.15. The van der Waals surface area contributed by atoms with Crippen LogP contribution in [-0.2, 0) is 0 Å². The fourth-order valence-corrected chi connectivity index (χ4v) is 1.87. The third kappa shape index (κ3) is 7.33. The summed E-state index contributed by atoms with van der Waals surface area (Å²) < 4.78 is 3.99. The molecule has 0 saturated heterocycles. The van der Waals surface area contributed by atoms with Crippen molar-refractivity contribution in [2.24, 2.45) is 0 Å². The zero-order chi connectivity index (χ0) is 18.9. The number of rotatable bonds is 4. The molecule has 0 aliphatic carbocycles. The lowest BCUT2D eigenvalue weighted by Gasteiger charge is -2.03. The van der Waals surface area contributed by atoms with Crippen molar-refractivity contribution < 1.29 is 0 Å². The van der Waals surface area contributed by atoms with E-state index in [1.165, 1.54) is 11.1 Å². The van der Waals surface area contributed by atoms with E-state index in [0.29, 0.717) is 23.9 Å². The highest BCUT2D eigenvalue weighted by Gasteiger charge is 2.04. The van der Waals surface area contributed by atoms with Crippen LogP contribution >= 0.6 is 0 Å². The molecule has 2 aromatic rings. The van der Waals surface area contributed by atoms with Gasteiger partial charge in [0.15, 0.2) is 0 Å². The smallest absolute Gasteiger partial charge is 0.0524 e. The number of hydrogen-bond donors (Lipinski definition) is 0. The van der Waals surface area contributed by atoms with E-state index in [4.69, 9.17) is 0 Å². The van der Waals surface area contributed by atoms with Gasteiger partial charge in [-0.25, -0.2) is 0 Å². The maximum Gasteiger partial charge on any atom is 0.0524 e. The molecule has 4 heteroatoms. The van der Waals surface area contributed by atoms with Crippen LogP contribution in [0.4, 0.5) is 0 Å². The van der Waals surface area contributed by atoms with Crippen LogP contribution < -0.4 is 0 Å². The Balaban J connectivity index is 0.000000400. The summed E-state index contributed by atoms with van der Waals surface area (Å²) in [5, 5.41) is 8.51. The Bertz CT molecular complexity index is 452. The Morgan fingerprint density at radius 2 is 0.917 bits per heavy atom. The second-order valence-corrected chi connectivity index (χ2v) is 7.00. The number of aromatic nitrogens is 4. The molecule has 0 aliphatic heterocycles. The molecule has 4 nitrogen and oxygen atoms in total. The molecule has 0 unspecified atom stereocenters. The minimum atomic E-state index is 0.475. The molecule has 0 atom stereocenters. The fraction of sp³-hybridized carbons (Fsp3) is 0.700. The van der Waals surface area contributed by atoms with Gasteiger partial charge in [0.1, 0.15) is 0 Å². The molecule has 2 rings (SSSR count). The van der Waals surface area contributed by atoms with E-state index >= 15 is 0 Å². The van der Waals surface area contributed by atoms with Gasteiger partial charge in [0, 0.05) is 24.5 Å². The largest absolute Gasteiger partial charge is 0.270 e. The summed E-state index contributed by atoms with van der Waals surface area (Å²) in [6.45, 7) is 21.3. The highest BCUT2D eigenvalue weighted by molar-refractivity contribution is 5.09. The normalized spacial score (nSPS) is 10.8. The summed E-state index contributed by atoms with van der Waals surface area (Å²) in [4.78, 5) is 0. The maximum atomic E-state index is 4.25. The lowest BCUT2D eigenvalue weighted by Crippen LogP contribution is -1.99. The van der Waals surface area contributed by atoms with Crippen LogP contribution in [0.3, 0.4) is 0 Å². The summed E-state index contributed by atoms with van der Waals surface area (Å²) in [5.41, 5.74) is 2.64. The molecule has 0 fully saturated rings. The molecule has 0 amide bonds. The van der Waals surface area contributed by atoms with Gasteiger partial charge >= 0.3 is 0 Å². The van der Waals surface area contributed by atoms with Gasteiger partial charge in [-0.1, -0.05) is 41.5 Å². The molecular formula is C20H38N4. The molecule has 0 spiro atoms. The molecule has 24 heavy (non-hydrogen) atoms. The van der Waals surface area contributed by atoms with Crippen LogP contribution in [-0.4, -0.2) is 19.6 Å².